The number of aryl methyl sites for hydroxylation is 1. The van der Waals surface area contributed by atoms with Gasteiger partial charge in [0.25, 0.3) is 5.91 Å². The molecule has 0 aliphatic rings. The Labute approximate surface area is 114 Å². The van der Waals surface area contributed by atoms with E-state index in [1.165, 1.54) is 18.6 Å². The molecule has 1 amide bonds. The lowest BCUT2D eigenvalue weighted by Gasteiger charge is -2.06. The fourth-order valence-electron chi connectivity index (χ4n) is 1.53. The first-order chi connectivity index (χ1) is 9.16. The van der Waals surface area contributed by atoms with Gasteiger partial charge in [0.05, 0.1) is 17.4 Å². The van der Waals surface area contributed by atoms with Crippen molar-refractivity contribution < 1.29 is 4.79 Å². The lowest BCUT2D eigenvalue weighted by molar-refractivity contribution is 0.0953. The number of nitrogen functional groups attached to an aromatic ring is 1. The Morgan fingerprint density at radius 2 is 2.32 bits per heavy atom. The van der Waals surface area contributed by atoms with Crippen LogP contribution in [0.1, 0.15) is 22.6 Å². The molecule has 2 aromatic rings. The van der Waals surface area contributed by atoms with Crippen LogP contribution >= 0.6 is 11.6 Å². The van der Waals surface area contributed by atoms with Crippen molar-refractivity contribution in [1.29, 1.82) is 0 Å². The molecule has 2 aromatic heterocycles. The fraction of sp³-hybridized carbons (Fsp3) is 0.273. The number of nitrogens with one attached hydrogen (secondary N) is 2. The van der Waals surface area contributed by atoms with E-state index in [-0.39, 0.29) is 16.6 Å². The summed E-state index contributed by atoms with van der Waals surface area (Å²) in [7, 11) is 0. The van der Waals surface area contributed by atoms with Crippen LogP contribution in [0.4, 0.5) is 5.69 Å². The predicted octanol–water partition coefficient (Wildman–Crippen LogP) is 0.798. The Balaban J connectivity index is 1.82. The van der Waals surface area contributed by atoms with Crippen LogP contribution in [0, 0.1) is 0 Å². The van der Waals surface area contributed by atoms with Gasteiger partial charge in [0.15, 0.2) is 0 Å². The number of carbonyl (C=O) groups excluding carboxylic acids is 1. The van der Waals surface area contributed by atoms with Gasteiger partial charge >= 0.3 is 0 Å². The highest BCUT2D eigenvalue weighted by atomic mass is 35.5. The summed E-state index contributed by atoms with van der Waals surface area (Å²) >= 11 is 5.83. The highest BCUT2D eigenvalue weighted by Crippen LogP contribution is 2.15. The second kappa shape index (κ2) is 6.14. The first kappa shape index (κ1) is 13.3. The molecule has 0 bridgehead atoms. The van der Waals surface area contributed by atoms with Gasteiger partial charge in [-0.1, -0.05) is 11.6 Å². The van der Waals surface area contributed by atoms with E-state index in [4.69, 9.17) is 17.3 Å². The minimum absolute atomic E-state index is 0.141. The highest BCUT2D eigenvalue weighted by Gasteiger charge is 2.11. The maximum absolute atomic E-state index is 11.9. The van der Waals surface area contributed by atoms with Gasteiger partial charge in [-0.15, -0.1) is 0 Å². The third-order valence-corrected chi connectivity index (χ3v) is 2.75. The van der Waals surface area contributed by atoms with Gasteiger partial charge in [0.2, 0.25) is 0 Å². The Morgan fingerprint density at radius 1 is 1.47 bits per heavy atom. The standard InChI is InChI=1S/C11H13ClN6O/c12-10-8(4-7(13)5-15-10)11(19)14-3-1-2-9-16-6-17-18-9/h4-6H,1-3,13H2,(H,14,19)(H,16,17,18). The van der Waals surface area contributed by atoms with E-state index in [0.29, 0.717) is 18.7 Å². The first-order valence-corrected chi connectivity index (χ1v) is 6.08. The molecule has 7 nitrogen and oxygen atoms in total. The van der Waals surface area contributed by atoms with Crippen molar-refractivity contribution in [3.8, 4) is 0 Å². The number of hydrogen-bond donors (Lipinski definition) is 3. The van der Waals surface area contributed by atoms with Gasteiger partial charge < -0.3 is 11.1 Å². The van der Waals surface area contributed by atoms with Crippen molar-refractivity contribution in [2.75, 3.05) is 12.3 Å². The van der Waals surface area contributed by atoms with E-state index in [1.807, 2.05) is 0 Å². The number of pyridine rings is 1. The average Bonchev–Trinajstić information content (AvgIpc) is 2.90. The van der Waals surface area contributed by atoms with Crippen LogP contribution in [0.3, 0.4) is 0 Å². The lowest BCUT2D eigenvalue weighted by Crippen LogP contribution is -2.25. The number of amides is 1. The van der Waals surface area contributed by atoms with Crippen LogP contribution in [-0.4, -0.2) is 32.6 Å². The largest absolute Gasteiger partial charge is 0.397 e. The summed E-state index contributed by atoms with van der Waals surface area (Å²) < 4.78 is 0. The number of aromatic nitrogens is 4. The second-order valence-corrected chi connectivity index (χ2v) is 4.26. The smallest absolute Gasteiger partial charge is 0.254 e. The minimum atomic E-state index is -0.289. The van der Waals surface area contributed by atoms with Gasteiger partial charge in [-0.3, -0.25) is 9.89 Å². The number of rotatable bonds is 5. The summed E-state index contributed by atoms with van der Waals surface area (Å²) in [6.45, 7) is 0.505. The number of nitrogens with zero attached hydrogens (tertiary/aromatic N) is 3. The third kappa shape index (κ3) is 3.65. The van der Waals surface area contributed by atoms with Crippen LogP contribution in [0.15, 0.2) is 18.6 Å². The number of anilines is 1. The Kier molecular flexibility index (Phi) is 4.30. The Hall–Kier alpha value is -2.15. The average molecular weight is 281 g/mol. The van der Waals surface area contributed by atoms with E-state index < -0.39 is 0 Å². The zero-order valence-electron chi connectivity index (χ0n) is 10.1. The van der Waals surface area contributed by atoms with Gasteiger partial charge in [-0.25, -0.2) is 9.97 Å². The van der Waals surface area contributed by atoms with Gasteiger partial charge in [-0.2, -0.15) is 5.10 Å². The van der Waals surface area contributed by atoms with E-state index in [2.05, 4.69) is 25.5 Å². The molecule has 0 radical (unpaired) electrons. The fourth-order valence-corrected chi connectivity index (χ4v) is 1.72. The topological polar surface area (TPSA) is 110 Å². The molecule has 0 saturated heterocycles. The Morgan fingerprint density at radius 3 is 3.05 bits per heavy atom. The van der Waals surface area contributed by atoms with E-state index in [9.17, 15) is 4.79 Å². The molecule has 100 valence electrons. The van der Waals surface area contributed by atoms with Gasteiger partial charge in [-0.05, 0) is 12.5 Å². The number of H-pyrrole nitrogens is 1. The van der Waals surface area contributed by atoms with Crippen LogP contribution in [0.5, 0.6) is 0 Å². The molecule has 0 fully saturated rings. The number of aromatic amines is 1. The molecule has 2 heterocycles. The van der Waals surface area contributed by atoms with Crippen molar-refractivity contribution in [3.63, 3.8) is 0 Å². The highest BCUT2D eigenvalue weighted by molar-refractivity contribution is 6.32. The van der Waals surface area contributed by atoms with Crippen molar-refractivity contribution >= 4 is 23.2 Å². The van der Waals surface area contributed by atoms with Crippen LogP contribution in [-0.2, 0) is 6.42 Å². The summed E-state index contributed by atoms with van der Waals surface area (Å²) in [5.74, 6) is 0.500. The number of hydrogen-bond acceptors (Lipinski definition) is 5. The summed E-state index contributed by atoms with van der Waals surface area (Å²) in [6.07, 6.45) is 4.31. The summed E-state index contributed by atoms with van der Waals surface area (Å²) in [5, 5.41) is 9.38. The number of nitrogens with two attached hydrogens (primary N) is 1. The van der Waals surface area contributed by atoms with Crippen molar-refractivity contribution in [1.82, 2.24) is 25.5 Å². The molecule has 4 N–H and O–H groups in total. The lowest BCUT2D eigenvalue weighted by atomic mass is 10.2. The summed E-state index contributed by atoms with van der Waals surface area (Å²) in [4.78, 5) is 19.7. The molecule has 19 heavy (non-hydrogen) atoms. The van der Waals surface area contributed by atoms with Gasteiger partial charge in [0, 0.05) is 13.0 Å². The quantitative estimate of drug-likeness (QED) is 0.554. The van der Waals surface area contributed by atoms with E-state index >= 15 is 0 Å². The third-order valence-electron chi connectivity index (χ3n) is 2.45. The predicted molar refractivity (Wildman–Crippen MR) is 70.7 cm³/mol. The SMILES string of the molecule is Nc1cnc(Cl)c(C(=O)NCCCc2ncn[nH]2)c1. The molecule has 8 heteroatoms. The van der Waals surface area contributed by atoms with Crippen LogP contribution in [0.2, 0.25) is 5.15 Å². The molecule has 2 rings (SSSR count). The van der Waals surface area contributed by atoms with E-state index in [0.717, 1.165) is 12.2 Å². The van der Waals surface area contributed by atoms with Crippen LogP contribution < -0.4 is 11.1 Å². The minimum Gasteiger partial charge on any atom is -0.397 e. The molecule has 0 aromatic carbocycles. The monoisotopic (exact) mass is 280 g/mol. The molecular weight excluding hydrogens is 268 g/mol. The number of halogens is 1. The molecule has 0 unspecified atom stereocenters. The maximum Gasteiger partial charge on any atom is 0.254 e. The van der Waals surface area contributed by atoms with Crippen molar-refractivity contribution in [3.05, 3.63) is 35.1 Å². The summed E-state index contributed by atoms with van der Waals surface area (Å²) in [5.41, 5.74) is 6.24. The van der Waals surface area contributed by atoms with Crippen molar-refractivity contribution in [2.45, 2.75) is 12.8 Å². The molecule has 0 aliphatic heterocycles. The zero-order chi connectivity index (χ0) is 13.7. The normalized spacial score (nSPS) is 10.4. The van der Waals surface area contributed by atoms with E-state index in [1.54, 1.807) is 0 Å². The zero-order valence-corrected chi connectivity index (χ0v) is 10.8. The van der Waals surface area contributed by atoms with Crippen LogP contribution in [0.25, 0.3) is 0 Å². The number of carbonyl (C=O) groups is 1. The summed E-state index contributed by atoms with van der Waals surface area (Å²) in [6, 6.07) is 1.50. The van der Waals surface area contributed by atoms with Gasteiger partial charge in [0.1, 0.15) is 17.3 Å². The maximum atomic E-state index is 11.9. The first-order valence-electron chi connectivity index (χ1n) is 5.70. The molecular formula is C11H13ClN6O. The molecule has 0 spiro atoms. The van der Waals surface area contributed by atoms with Crippen molar-refractivity contribution in [2.24, 2.45) is 0 Å². The molecule has 0 atom stereocenters. The second-order valence-electron chi connectivity index (χ2n) is 3.90. The molecule has 0 saturated carbocycles. The molecule has 0 aliphatic carbocycles. The Bertz CT molecular complexity index is 556.